The summed E-state index contributed by atoms with van der Waals surface area (Å²) in [7, 11) is 3.76. The van der Waals surface area contributed by atoms with Gasteiger partial charge in [-0.05, 0) is 14.1 Å². The number of Topliss-reactive ketones (excluding diaryl/α,β-unsaturated/α-hetero) is 1. The normalized spacial score (nSPS) is 23.8. The van der Waals surface area contributed by atoms with E-state index in [9.17, 15) is 13.6 Å². The smallest absolute Gasteiger partial charge is 0.261 e. The minimum Gasteiger partial charge on any atom is -0.305 e. The van der Waals surface area contributed by atoms with Crippen LogP contribution in [0.5, 0.6) is 0 Å². The number of ketones is 1. The van der Waals surface area contributed by atoms with E-state index in [4.69, 9.17) is 0 Å². The van der Waals surface area contributed by atoms with Gasteiger partial charge in [-0.3, -0.25) is 4.79 Å². The Bertz CT molecular complexity index is 237. The Morgan fingerprint density at radius 3 is 1.72 bits per heavy atom. The van der Waals surface area contributed by atoms with Crippen molar-refractivity contribution in [3.63, 3.8) is 0 Å². The average molecular weight is 264 g/mol. The molecule has 0 bridgehead atoms. The molecule has 0 spiro atoms. The van der Waals surface area contributed by atoms with Gasteiger partial charge in [0.25, 0.3) is 5.92 Å². The first kappa shape index (κ1) is 17.4. The van der Waals surface area contributed by atoms with Crippen molar-refractivity contribution in [2.45, 2.75) is 39.0 Å². The zero-order valence-electron chi connectivity index (χ0n) is 12.0. The second-order valence-electron chi connectivity index (χ2n) is 4.69. The summed E-state index contributed by atoms with van der Waals surface area (Å²) >= 11 is 0. The number of hydrogen-bond acceptors (Lipinski definition) is 3. The molecule has 2 saturated heterocycles. The molecule has 0 atom stereocenters. The number of carbonyl (C=O) groups excluding carboxylic acids is 1. The molecule has 0 aliphatic carbocycles. The van der Waals surface area contributed by atoms with Crippen LogP contribution in [0.3, 0.4) is 0 Å². The summed E-state index contributed by atoms with van der Waals surface area (Å²) in [5, 5.41) is 0. The Labute approximate surface area is 109 Å². The monoisotopic (exact) mass is 264 g/mol. The Morgan fingerprint density at radius 1 is 1.00 bits per heavy atom. The molecule has 2 heterocycles. The lowest BCUT2D eigenvalue weighted by Gasteiger charge is -2.19. The van der Waals surface area contributed by atoms with E-state index in [2.05, 4.69) is 4.90 Å². The van der Waals surface area contributed by atoms with Crippen LogP contribution in [0.2, 0.25) is 0 Å². The molecule has 18 heavy (non-hydrogen) atoms. The lowest BCUT2D eigenvalue weighted by atomic mass is 10.1. The lowest BCUT2D eigenvalue weighted by Crippen LogP contribution is -2.29. The number of piperidine rings is 1. The fourth-order valence-electron chi connectivity index (χ4n) is 1.78. The molecule has 5 heteroatoms. The van der Waals surface area contributed by atoms with Crippen LogP contribution in [0.4, 0.5) is 8.78 Å². The third-order valence-electron chi connectivity index (χ3n) is 2.91. The van der Waals surface area contributed by atoms with Gasteiger partial charge in [-0.15, -0.1) is 0 Å². The Balaban J connectivity index is 0.000000283. The summed E-state index contributed by atoms with van der Waals surface area (Å²) < 4.78 is 24.3. The highest BCUT2D eigenvalue weighted by Gasteiger charge is 2.35. The molecule has 0 aromatic carbocycles. The molecule has 108 valence electrons. The third kappa shape index (κ3) is 7.71. The highest BCUT2D eigenvalue weighted by Crippen LogP contribution is 2.24. The number of rotatable bonds is 0. The van der Waals surface area contributed by atoms with Gasteiger partial charge in [0, 0.05) is 38.9 Å². The van der Waals surface area contributed by atoms with Crippen molar-refractivity contribution in [3.05, 3.63) is 0 Å². The first-order valence-corrected chi connectivity index (χ1v) is 6.66. The van der Waals surface area contributed by atoms with Gasteiger partial charge >= 0.3 is 0 Å². The van der Waals surface area contributed by atoms with Gasteiger partial charge in [0.2, 0.25) is 0 Å². The zero-order valence-corrected chi connectivity index (χ0v) is 12.0. The number of carbonyl (C=O) groups is 1. The van der Waals surface area contributed by atoms with Crippen molar-refractivity contribution in [2.75, 3.05) is 40.3 Å². The fourth-order valence-corrected chi connectivity index (χ4v) is 1.78. The number of alkyl halides is 2. The van der Waals surface area contributed by atoms with Gasteiger partial charge in [-0.1, -0.05) is 13.8 Å². The summed E-state index contributed by atoms with van der Waals surface area (Å²) in [6, 6.07) is 0. The summed E-state index contributed by atoms with van der Waals surface area (Å²) in [4.78, 5) is 14.4. The van der Waals surface area contributed by atoms with E-state index >= 15 is 0 Å². The van der Waals surface area contributed by atoms with E-state index in [0.29, 0.717) is 12.3 Å². The Kier molecular flexibility index (Phi) is 8.27. The topological polar surface area (TPSA) is 23.6 Å². The van der Waals surface area contributed by atoms with E-state index in [-0.39, 0.29) is 13.0 Å². The molecule has 2 aliphatic heterocycles. The van der Waals surface area contributed by atoms with Gasteiger partial charge in [0.05, 0.1) is 6.54 Å². The van der Waals surface area contributed by atoms with E-state index in [0.717, 1.165) is 25.9 Å². The van der Waals surface area contributed by atoms with Crippen molar-refractivity contribution in [1.82, 2.24) is 9.80 Å². The van der Waals surface area contributed by atoms with Crippen LogP contribution in [0.15, 0.2) is 0 Å². The molecule has 2 fully saturated rings. The molecular weight excluding hydrogens is 238 g/mol. The fraction of sp³-hybridized carbons (Fsp3) is 0.923. The van der Waals surface area contributed by atoms with Crippen molar-refractivity contribution in [2.24, 2.45) is 0 Å². The summed E-state index contributed by atoms with van der Waals surface area (Å²) in [5.74, 6) is -1.99. The van der Waals surface area contributed by atoms with Crippen LogP contribution in [0.1, 0.15) is 33.1 Å². The maximum Gasteiger partial charge on any atom is 0.261 e. The highest BCUT2D eigenvalue weighted by atomic mass is 19.3. The average Bonchev–Trinajstić information content (AvgIpc) is 2.64. The van der Waals surface area contributed by atoms with E-state index in [1.54, 1.807) is 11.9 Å². The van der Waals surface area contributed by atoms with Gasteiger partial charge in [-0.2, -0.15) is 0 Å². The molecule has 0 amide bonds. The largest absolute Gasteiger partial charge is 0.305 e. The molecule has 3 nitrogen and oxygen atoms in total. The van der Waals surface area contributed by atoms with Gasteiger partial charge in [0.15, 0.2) is 0 Å². The second-order valence-corrected chi connectivity index (χ2v) is 4.69. The molecular formula is C13H26F2N2O. The molecule has 0 aromatic heterocycles. The van der Waals surface area contributed by atoms with Gasteiger partial charge in [0.1, 0.15) is 5.78 Å². The molecule has 0 aromatic rings. The van der Waals surface area contributed by atoms with Gasteiger partial charge in [-0.25, -0.2) is 8.78 Å². The highest BCUT2D eigenvalue weighted by molar-refractivity contribution is 5.79. The van der Waals surface area contributed by atoms with Crippen LogP contribution >= 0.6 is 0 Å². The Hall–Kier alpha value is -0.550. The first-order valence-electron chi connectivity index (χ1n) is 6.66. The number of halogens is 2. The summed E-state index contributed by atoms with van der Waals surface area (Å²) in [5.41, 5.74) is 0. The van der Waals surface area contributed by atoms with Crippen molar-refractivity contribution in [3.8, 4) is 0 Å². The lowest BCUT2D eigenvalue weighted by molar-refractivity contribution is -0.121. The van der Waals surface area contributed by atoms with Crippen molar-refractivity contribution in [1.29, 1.82) is 0 Å². The predicted molar refractivity (Wildman–Crippen MR) is 70.1 cm³/mol. The van der Waals surface area contributed by atoms with Crippen molar-refractivity contribution < 1.29 is 13.6 Å². The predicted octanol–water partition coefficient (Wildman–Crippen LogP) is 2.26. The van der Waals surface area contributed by atoms with E-state index in [1.165, 1.54) is 0 Å². The SMILES string of the molecule is CC.CN1CCC(=O)CC1.CN1CCC(F)(F)C1. The van der Waals surface area contributed by atoms with Crippen LogP contribution in [0, 0.1) is 0 Å². The van der Waals surface area contributed by atoms with Crippen LogP contribution in [-0.4, -0.2) is 61.8 Å². The molecule has 2 rings (SSSR count). The van der Waals surface area contributed by atoms with E-state index in [1.807, 2.05) is 20.9 Å². The third-order valence-corrected chi connectivity index (χ3v) is 2.91. The number of nitrogens with zero attached hydrogens (tertiary/aromatic N) is 2. The maximum absolute atomic E-state index is 12.2. The van der Waals surface area contributed by atoms with Gasteiger partial charge < -0.3 is 9.80 Å². The second kappa shape index (κ2) is 8.53. The molecule has 0 saturated carbocycles. The first-order chi connectivity index (χ1) is 8.39. The number of likely N-dealkylation sites (tertiary alicyclic amines) is 2. The van der Waals surface area contributed by atoms with E-state index < -0.39 is 5.92 Å². The number of hydrogen-bond donors (Lipinski definition) is 0. The molecule has 0 radical (unpaired) electrons. The quantitative estimate of drug-likeness (QED) is 0.670. The zero-order chi connectivity index (χ0) is 14.2. The summed E-state index contributed by atoms with van der Waals surface area (Å²) in [6.45, 7) is 6.39. The summed E-state index contributed by atoms with van der Waals surface area (Å²) in [6.07, 6.45) is 1.55. The standard InChI is InChI=1S/C6H11NO.C5H9F2N.C2H6/c1-7-4-2-6(8)3-5-7;1-8-3-2-5(6,7)4-8;1-2/h2-5H2,1H3;2-4H2,1H3;1-2H3. The minimum absolute atomic E-state index is 0.0312. The molecule has 2 aliphatic rings. The molecule has 0 N–H and O–H groups in total. The van der Waals surface area contributed by atoms with Crippen LogP contribution < -0.4 is 0 Å². The van der Waals surface area contributed by atoms with Crippen LogP contribution in [0.25, 0.3) is 0 Å². The molecule has 0 unspecified atom stereocenters. The minimum atomic E-state index is -2.41. The maximum atomic E-state index is 12.2. The van der Waals surface area contributed by atoms with Crippen molar-refractivity contribution >= 4 is 5.78 Å². The van der Waals surface area contributed by atoms with Crippen LogP contribution in [-0.2, 0) is 4.79 Å². The Morgan fingerprint density at radius 2 is 1.50 bits per heavy atom.